The van der Waals surface area contributed by atoms with Gasteiger partial charge in [0.1, 0.15) is 0 Å². The summed E-state index contributed by atoms with van der Waals surface area (Å²) in [5.74, 6) is 1.11. The summed E-state index contributed by atoms with van der Waals surface area (Å²) in [6, 6.07) is 11.1. The first-order valence-corrected chi connectivity index (χ1v) is 9.48. The minimum atomic E-state index is -0.396. The summed E-state index contributed by atoms with van der Waals surface area (Å²) in [6.45, 7) is -0.0653. The zero-order valence-electron chi connectivity index (χ0n) is 14.5. The molecular formula is C19H20ClNO4S. The topological polar surface area (TPSA) is 67.8 Å². The van der Waals surface area contributed by atoms with E-state index in [2.05, 4.69) is 5.32 Å². The number of halogens is 1. The summed E-state index contributed by atoms with van der Waals surface area (Å²) >= 11 is 7.70. The molecule has 2 N–H and O–H groups in total. The highest BCUT2D eigenvalue weighted by Crippen LogP contribution is 2.49. The Labute approximate surface area is 161 Å². The van der Waals surface area contributed by atoms with E-state index in [4.69, 9.17) is 21.1 Å². The fourth-order valence-electron chi connectivity index (χ4n) is 3.05. The lowest BCUT2D eigenvalue weighted by molar-refractivity contribution is -0.115. The number of carbonyl (C=O) groups is 1. The molecule has 2 aromatic carbocycles. The first-order chi connectivity index (χ1) is 12.6. The molecule has 2 atom stereocenters. The number of hydrogen-bond acceptors (Lipinski definition) is 5. The third kappa shape index (κ3) is 3.63. The Morgan fingerprint density at radius 1 is 1.19 bits per heavy atom. The summed E-state index contributed by atoms with van der Waals surface area (Å²) in [6.07, 6.45) is 0.362. The molecule has 2 unspecified atom stereocenters. The Hall–Kier alpha value is -1.89. The average molecular weight is 394 g/mol. The lowest BCUT2D eigenvalue weighted by Crippen LogP contribution is -2.25. The Balaban J connectivity index is 2.17. The van der Waals surface area contributed by atoms with Gasteiger partial charge in [-0.3, -0.25) is 4.79 Å². The van der Waals surface area contributed by atoms with Gasteiger partial charge < -0.3 is 19.9 Å². The normalized spacial score (nSPS) is 19.3. The van der Waals surface area contributed by atoms with Gasteiger partial charge in [-0.15, -0.1) is 11.8 Å². The maximum absolute atomic E-state index is 12.6. The SMILES string of the molecule is COc1cccc(C2SC(CCO)C(=O)Nc3ccc(Cl)cc32)c1OC. The van der Waals surface area contributed by atoms with E-state index in [0.717, 1.165) is 11.1 Å². The molecule has 0 aromatic heterocycles. The average Bonchev–Trinajstić information content (AvgIpc) is 2.78. The van der Waals surface area contributed by atoms with Gasteiger partial charge in [0, 0.05) is 22.9 Å². The van der Waals surface area contributed by atoms with Gasteiger partial charge >= 0.3 is 0 Å². The summed E-state index contributed by atoms with van der Waals surface area (Å²) in [5, 5.41) is 12.3. The lowest BCUT2D eigenvalue weighted by Gasteiger charge is -2.23. The second-order valence-electron chi connectivity index (χ2n) is 5.82. The maximum Gasteiger partial charge on any atom is 0.237 e. The number of nitrogens with one attached hydrogen (secondary N) is 1. The second kappa shape index (κ2) is 8.20. The highest BCUT2D eigenvalue weighted by molar-refractivity contribution is 8.01. The smallest absolute Gasteiger partial charge is 0.237 e. The van der Waals surface area contributed by atoms with Crippen LogP contribution in [0.4, 0.5) is 5.69 Å². The second-order valence-corrected chi connectivity index (χ2v) is 7.57. The Kier molecular flexibility index (Phi) is 5.96. The fourth-order valence-corrected chi connectivity index (χ4v) is 4.66. The predicted octanol–water partition coefficient (Wildman–Crippen LogP) is 3.88. The number of fused-ring (bicyclic) bond motifs is 1. The molecule has 0 bridgehead atoms. The van der Waals surface area contributed by atoms with Crippen LogP contribution in [0, 0.1) is 0 Å². The molecule has 0 fully saturated rings. The highest BCUT2D eigenvalue weighted by Gasteiger charge is 2.33. The summed E-state index contributed by atoms with van der Waals surface area (Å²) < 4.78 is 11.0. The minimum Gasteiger partial charge on any atom is -0.493 e. The summed E-state index contributed by atoms with van der Waals surface area (Å²) in [4.78, 5) is 12.6. The standard InChI is InChI=1S/C19H20ClNO4S/c1-24-15-5-3-4-12(17(15)25-2)18-13-10-11(20)6-7-14(13)21-19(23)16(26-18)8-9-22/h3-7,10,16,18,22H,8-9H2,1-2H3,(H,21,23). The van der Waals surface area contributed by atoms with Gasteiger partial charge in [0.2, 0.25) is 5.91 Å². The van der Waals surface area contributed by atoms with E-state index in [1.165, 1.54) is 11.8 Å². The van der Waals surface area contributed by atoms with Crippen molar-refractivity contribution in [3.05, 3.63) is 52.5 Å². The van der Waals surface area contributed by atoms with Crippen LogP contribution in [0.3, 0.4) is 0 Å². The number of amides is 1. The van der Waals surface area contributed by atoms with Gasteiger partial charge in [-0.25, -0.2) is 0 Å². The molecule has 1 aliphatic rings. The molecule has 7 heteroatoms. The number of hydrogen-bond donors (Lipinski definition) is 2. The van der Waals surface area contributed by atoms with Crippen molar-refractivity contribution in [1.29, 1.82) is 0 Å². The van der Waals surface area contributed by atoms with Crippen LogP contribution in [0.5, 0.6) is 11.5 Å². The molecular weight excluding hydrogens is 374 g/mol. The summed E-state index contributed by atoms with van der Waals surface area (Å²) in [7, 11) is 3.18. The molecule has 5 nitrogen and oxygen atoms in total. The van der Waals surface area contributed by atoms with Crippen LogP contribution in [0.15, 0.2) is 36.4 Å². The number of para-hydroxylation sites is 1. The van der Waals surface area contributed by atoms with Gasteiger partial charge in [0.15, 0.2) is 11.5 Å². The van der Waals surface area contributed by atoms with E-state index in [1.54, 1.807) is 26.4 Å². The molecule has 0 radical (unpaired) electrons. The number of benzene rings is 2. The van der Waals surface area contributed by atoms with E-state index in [9.17, 15) is 9.90 Å². The van der Waals surface area contributed by atoms with Crippen LogP contribution in [0.2, 0.25) is 5.02 Å². The number of aliphatic hydroxyl groups excluding tert-OH is 1. The van der Waals surface area contributed by atoms with Gasteiger partial charge in [0.05, 0.1) is 24.7 Å². The zero-order valence-corrected chi connectivity index (χ0v) is 16.1. The van der Waals surface area contributed by atoms with E-state index >= 15 is 0 Å². The van der Waals surface area contributed by atoms with Crippen molar-refractivity contribution in [1.82, 2.24) is 0 Å². The molecule has 138 valence electrons. The third-order valence-corrected chi connectivity index (χ3v) is 6.05. The molecule has 2 aromatic rings. The van der Waals surface area contributed by atoms with E-state index in [-0.39, 0.29) is 17.8 Å². The number of methoxy groups -OCH3 is 2. The molecule has 0 saturated heterocycles. The number of carbonyl (C=O) groups excluding carboxylic acids is 1. The third-order valence-electron chi connectivity index (χ3n) is 4.25. The molecule has 1 aliphatic heterocycles. The van der Waals surface area contributed by atoms with Crippen LogP contribution in [-0.4, -0.2) is 37.1 Å². The van der Waals surface area contributed by atoms with Crippen molar-refractivity contribution in [2.75, 3.05) is 26.1 Å². The zero-order chi connectivity index (χ0) is 18.7. The largest absolute Gasteiger partial charge is 0.493 e. The molecule has 1 amide bonds. The Morgan fingerprint density at radius 2 is 2.00 bits per heavy atom. The first-order valence-electron chi connectivity index (χ1n) is 8.16. The van der Waals surface area contributed by atoms with Crippen molar-refractivity contribution >= 4 is 35.0 Å². The van der Waals surface area contributed by atoms with Crippen LogP contribution in [-0.2, 0) is 4.79 Å². The highest BCUT2D eigenvalue weighted by atomic mass is 35.5. The lowest BCUT2D eigenvalue weighted by atomic mass is 10.0. The fraction of sp³-hybridized carbons (Fsp3) is 0.316. The minimum absolute atomic E-state index is 0.0653. The van der Waals surface area contributed by atoms with Gasteiger partial charge in [-0.1, -0.05) is 23.7 Å². The summed E-state index contributed by atoms with van der Waals surface area (Å²) in [5.41, 5.74) is 2.49. The molecule has 0 spiro atoms. The molecule has 26 heavy (non-hydrogen) atoms. The van der Waals surface area contributed by atoms with Crippen LogP contribution in [0.1, 0.15) is 22.8 Å². The number of anilines is 1. The first kappa shape index (κ1) is 18.9. The monoisotopic (exact) mass is 393 g/mol. The quantitative estimate of drug-likeness (QED) is 0.806. The van der Waals surface area contributed by atoms with E-state index < -0.39 is 5.25 Å². The number of aliphatic hydroxyl groups is 1. The van der Waals surface area contributed by atoms with Crippen molar-refractivity contribution in [2.24, 2.45) is 0 Å². The number of ether oxygens (including phenoxy) is 2. The van der Waals surface area contributed by atoms with Crippen LogP contribution < -0.4 is 14.8 Å². The number of rotatable bonds is 5. The van der Waals surface area contributed by atoms with Gasteiger partial charge in [-0.05, 0) is 36.2 Å². The van der Waals surface area contributed by atoms with Crippen molar-refractivity contribution in [3.63, 3.8) is 0 Å². The van der Waals surface area contributed by atoms with Gasteiger partial charge in [-0.2, -0.15) is 0 Å². The molecule has 1 heterocycles. The van der Waals surface area contributed by atoms with Crippen LogP contribution in [0.25, 0.3) is 0 Å². The Morgan fingerprint density at radius 3 is 2.69 bits per heavy atom. The maximum atomic E-state index is 12.6. The van der Waals surface area contributed by atoms with E-state index in [1.807, 2.05) is 24.3 Å². The number of thioether (sulfide) groups is 1. The van der Waals surface area contributed by atoms with Crippen molar-refractivity contribution < 1.29 is 19.4 Å². The van der Waals surface area contributed by atoms with Crippen molar-refractivity contribution in [3.8, 4) is 11.5 Å². The predicted molar refractivity (Wildman–Crippen MR) is 105 cm³/mol. The molecule has 0 saturated carbocycles. The van der Waals surface area contributed by atoms with Crippen molar-refractivity contribution in [2.45, 2.75) is 16.9 Å². The Bertz CT molecular complexity index is 814. The molecule has 0 aliphatic carbocycles. The van der Waals surface area contributed by atoms with Crippen LogP contribution >= 0.6 is 23.4 Å². The molecule has 3 rings (SSSR count). The van der Waals surface area contributed by atoms with Gasteiger partial charge in [0.25, 0.3) is 0 Å². The van der Waals surface area contributed by atoms with E-state index in [0.29, 0.717) is 28.6 Å².